The molecule has 4 rings (SSSR count). The molecule has 128 valence electrons. The minimum atomic E-state index is -0.0979. The Balaban J connectivity index is 1.46. The number of ether oxygens (including phenoxy) is 1. The van der Waals surface area contributed by atoms with E-state index in [1.165, 1.54) is 17.2 Å². The van der Waals surface area contributed by atoms with Crippen LogP contribution in [-0.4, -0.2) is 59.7 Å². The lowest BCUT2D eigenvalue weighted by Crippen LogP contribution is -2.49. The van der Waals surface area contributed by atoms with Gasteiger partial charge in [-0.3, -0.25) is 14.1 Å². The van der Waals surface area contributed by atoms with Crippen molar-refractivity contribution in [3.63, 3.8) is 0 Å². The van der Waals surface area contributed by atoms with Crippen molar-refractivity contribution in [3.05, 3.63) is 39.8 Å². The number of hydrogen-bond acceptors (Lipinski definition) is 5. The van der Waals surface area contributed by atoms with Crippen molar-refractivity contribution in [3.8, 4) is 0 Å². The molecule has 0 N–H and O–H groups in total. The third kappa shape index (κ3) is 3.27. The number of piperazine rings is 1. The zero-order chi connectivity index (χ0) is 16.5. The molecule has 2 fully saturated rings. The van der Waals surface area contributed by atoms with E-state index < -0.39 is 0 Å². The van der Waals surface area contributed by atoms with E-state index in [0.29, 0.717) is 16.8 Å². The van der Waals surface area contributed by atoms with Crippen molar-refractivity contribution < 1.29 is 4.74 Å². The fourth-order valence-electron chi connectivity index (χ4n) is 3.46. The van der Waals surface area contributed by atoms with E-state index in [0.717, 1.165) is 45.1 Å². The molecule has 4 heterocycles. The molecule has 2 saturated heterocycles. The van der Waals surface area contributed by atoms with Gasteiger partial charge >= 0.3 is 0 Å². The number of halogens is 1. The van der Waals surface area contributed by atoms with E-state index in [-0.39, 0.29) is 5.56 Å². The minimum absolute atomic E-state index is 0.0979. The molecule has 0 aliphatic carbocycles. The van der Waals surface area contributed by atoms with E-state index in [4.69, 9.17) is 16.3 Å². The van der Waals surface area contributed by atoms with Crippen LogP contribution in [0.3, 0.4) is 0 Å². The molecule has 2 aliphatic rings. The highest BCUT2D eigenvalue weighted by Gasteiger charge is 2.23. The first-order valence-electron chi connectivity index (χ1n) is 8.47. The molecule has 0 saturated carbocycles. The van der Waals surface area contributed by atoms with Gasteiger partial charge in [0, 0.05) is 51.6 Å². The van der Waals surface area contributed by atoms with Crippen molar-refractivity contribution in [1.82, 2.24) is 14.3 Å². The van der Waals surface area contributed by atoms with Crippen LogP contribution in [-0.2, 0) is 4.74 Å². The summed E-state index contributed by atoms with van der Waals surface area (Å²) in [6.07, 6.45) is 4.35. The lowest BCUT2D eigenvalue weighted by Gasteiger charge is -2.36. The predicted molar refractivity (Wildman–Crippen MR) is 94.1 cm³/mol. The van der Waals surface area contributed by atoms with Crippen molar-refractivity contribution in [2.45, 2.75) is 18.9 Å². The minimum Gasteiger partial charge on any atom is -0.377 e. The number of hydrogen-bond donors (Lipinski definition) is 0. The predicted octanol–water partition coefficient (Wildman–Crippen LogP) is 1.65. The average molecular weight is 349 g/mol. The molecule has 0 amide bonds. The van der Waals surface area contributed by atoms with E-state index in [9.17, 15) is 4.79 Å². The van der Waals surface area contributed by atoms with Crippen LogP contribution in [0.15, 0.2) is 29.2 Å². The van der Waals surface area contributed by atoms with Crippen LogP contribution < -0.4 is 10.5 Å². The summed E-state index contributed by atoms with van der Waals surface area (Å²) in [7, 11) is 0. The van der Waals surface area contributed by atoms with Crippen LogP contribution in [0.2, 0.25) is 5.02 Å². The molecule has 1 atom stereocenters. The molecule has 0 bridgehead atoms. The fourth-order valence-corrected chi connectivity index (χ4v) is 3.62. The van der Waals surface area contributed by atoms with Gasteiger partial charge in [0.25, 0.3) is 5.56 Å². The van der Waals surface area contributed by atoms with Crippen molar-refractivity contribution in [2.75, 3.05) is 44.2 Å². The number of rotatable bonds is 3. The normalized spacial score (nSPS) is 22.4. The van der Waals surface area contributed by atoms with Gasteiger partial charge in [-0.1, -0.05) is 11.6 Å². The Morgan fingerprint density at radius 3 is 2.83 bits per heavy atom. The van der Waals surface area contributed by atoms with Crippen LogP contribution in [0.25, 0.3) is 5.65 Å². The molecule has 0 aromatic carbocycles. The highest BCUT2D eigenvalue weighted by atomic mass is 35.5. The van der Waals surface area contributed by atoms with Gasteiger partial charge in [0.1, 0.15) is 11.5 Å². The second-order valence-corrected chi connectivity index (χ2v) is 6.89. The average Bonchev–Trinajstić information content (AvgIpc) is 3.09. The Bertz CT molecular complexity index is 780. The summed E-state index contributed by atoms with van der Waals surface area (Å²) >= 11 is 5.95. The molecule has 0 spiro atoms. The van der Waals surface area contributed by atoms with E-state index in [1.807, 2.05) is 0 Å². The van der Waals surface area contributed by atoms with Gasteiger partial charge in [-0.15, -0.1) is 0 Å². The summed E-state index contributed by atoms with van der Waals surface area (Å²) < 4.78 is 7.20. The molecule has 24 heavy (non-hydrogen) atoms. The highest BCUT2D eigenvalue weighted by molar-refractivity contribution is 6.30. The zero-order valence-corrected chi connectivity index (χ0v) is 14.3. The number of nitrogens with zero attached hydrogens (tertiary/aromatic N) is 4. The third-order valence-corrected chi connectivity index (χ3v) is 5.02. The van der Waals surface area contributed by atoms with Crippen LogP contribution in [0.4, 0.5) is 5.82 Å². The maximum absolute atomic E-state index is 12.3. The number of fused-ring (bicyclic) bond motifs is 1. The highest BCUT2D eigenvalue weighted by Crippen LogP contribution is 2.17. The molecule has 7 heteroatoms. The molecule has 0 unspecified atom stereocenters. The van der Waals surface area contributed by atoms with Crippen LogP contribution >= 0.6 is 11.6 Å². The van der Waals surface area contributed by atoms with Gasteiger partial charge in [-0.05, 0) is 25.0 Å². The number of aromatic nitrogens is 2. The Hall–Kier alpha value is -1.63. The Morgan fingerprint density at radius 2 is 2.08 bits per heavy atom. The summed E-state index contributed by atoms with van der Waals surface area (Å²) in [5.74, 6) is 0.749. The van der Waals surface area contributed by atoms with Crippen molar-refractivity contribution in [1.29, 1.82) is 0 Å². The number of anilines is 1. The van der Waals surface area contributed by atoms with Gasteiger partial charge in [0.05, 0.1) is 11.1 Å². The van der Waals surface area contributed by atoms with Gasteiger partial charge in [-0.25, -0.2) is 4.98 Å². The van der Waals surface area contributed by atoms with E-state index >= 15 is 0 Å². The quantitative estimate of drug-likeness (QED) is 0.844. The fraction of sp³-hybridized carbons (Fsp3) is 0.529. The van der Waals surface area contributed by atoms with Gasteiger partial charge < -0.3 is 9.64 Å². The van der Waals surface area contributed by atoms with Crippen LogP contribution in [0, 0.1) is 0 Å². The van der Waals surface area contributed by atoms with Crippen molar-refractivity contribution in [2.24, 2.45) is 0 Å². The molecular formula is C17H21ClN4O2. The standard InChI is InChI=1S/C17H21ClN4O2/c18-13-3-4-15-19-16(10-17(23)22(15)11-13)21-7-5-20(6-8-21)12-14-2-1-9-24-14/h3-4,10-11,14H,1-2,5-9,12H2/t14-/m1/s1. The van der Waals surface area contributed by atoms with Crippen LogP contribution in [0.1, 0.15) is 12.8 Å². The smallest absolute Gasteiger partial charge is 0.260 e. The molecular weight excluding hydrogens is 328 g/mol. The summed E-state index contributed by atoms with van der Waals surface area (Å²) in [6.45, 7) is 5.62. The third-order valence-electron chi connectivity index (χ3n) is 4.79. The SMILES string of the molecule is O=c1cc(N2CCN(C[C@H]3CCCO3)CC2)nc2ccc(Cl)cn12. The summed E-state index contributed by atoms with van der Waals surface area (Å²) in [5, 5.41) is 0.530. The van der Waals surface area contributed by atoms with Gasteiger partial charge in [0.2, 0.25) is 0 Å². The summed E-state index contributed by atoms with van der Waals surface area (Å²) in [5.41, 5.74) is 0.531. The van der Waals surface area contributed by atoms with Gasteiger partial charge in [0.15, 0.2) is 0 Å². The lowest BCUT2D eigenvalue weighted by atomic mass is 10.2. The molecule has 2 aromatic heterocycles. The maximum Gasteiger partial charge on any atom is 0.260 e. The van der Waals surface area contributed by atoms with E-state index in [1.54, 1.807) is 24.4 Å². The Labute approximate surface area is 145 Å². The van der Waals surface area contributed by atoms with Crippen LogP contribution in [0.5, 0.6) is 0 Å². The topological polar surface area (TPSA) is 50.1 Å². The van der Waals surface area contributed by atoms with Gasteiger partial charge in [-0.2, -0.15) is 0 Å². The first-order chi connectivity index (χ1) is 11.7. The Morgan fingerprint density at radius 1 is 1.25 bits per heavy atom. The zero-order valence-electron chi connectivity index (χ0n) is 13.5. The molecule has 0 radical (unpaired) electrons. The second kappa shape index (κ2) is 6.70. The first kappa shape index (κ1) is 15.9. The second-order valence-electron chi connectivity index (χ2n) is 6.45. The monoisotopic (exact) mass is 348 g/mol. The number of pyridine rings is 1. The maximum atomic E-state index is 12.3. The van der Waals surface area contributed by atoms with Crippen molar-refractivity contribution >= 4 is 23.1 Å². The lowest BCUT2D eigenvalue weighted by molar-refractivity contribution is 0.0712. The van der Waals surface area contributed by atoms with E-state index in [2.05, 4.69) is 14.8 Å². The molecule has 2 aromatic rings. The summed E-state index contributed by atoms with van der Waals surface area (Å²) in [4.78, 5) is 21.5. The first-order valence-corrected chi connectivity index (χ1v) is 8.85. The largest absolute Gasteiger partial charge is 0.377 e. The molecule has 2 aliphatic heterocycles. The summed E-state index contributed by atoms with van der Waals surface area (Å²) in [6, 6.07) is 5.13. The molecule has 6 nitrogen and oxygen atoms in total. The Kier molecular flexibility index (Phi) is 4.43.